The Hall–Kier alpha value is -1.10. The molecule has 1 rings (SSSR count). The van der Waals surface area contributed by atoms with Crippen LogP contribution in [0.2, 0.25) is 0 Å². The number of cyclic esters (lactones) is 1. The van der Waals surface area contributed by atoms with Crippen LogP contribution in [0.5, 0.6) is 0 Å². The molecule has 0 aliphatic carbocycles. The molecule has 0 spiro atoms. The Kier molecular flexibility index (Phi) is 3.88. The summed E-state index contributed by atoms with van der Waals surface area (Å²) in [6, 6.07) is -0.310. The van der Waals surface area contributed by atoms with Crippen molar-refractivity contribution < 1.29 is 9.53 Å². The molecule has 2 N–H and O–H groups in total. The molecule has 1 aliphatic rings. The number of ether oxygens (including phenoxy) is 1. The zero-order valence-corrected chi connectivity index (χ0v) is 8.89. The van der Waals surface area contributed by atoms with Gasteiger partial charge in [0.1, 0.15) is 12.1 Å². The lowest BCUT2D eigenvalue weighted by molar-refractivity contribution is -0.142. The lowest BCUT2D eigenvalue weighted by Gasteiger charge is -2.11. The summed E-state index contributed by atoms with van der Waals surface area (Å²) < 4.78 is 4.97. The number of rotatable bonds is 3. The number of esters is 1. The fourth-order valence-corrected chi connectivity index (χ4v) is 1.47. The maximum Gasteiger partial charge on any atom is 0.329 e. The first kappa shape index (κ1) is 11.0. The van der Waals surface area contributed by atoms with Gasteiger partial charge in [0.15, 0.2) is 5.11 Å². The van der Waals surface area contributed by atoms with Crippen molar-refractivity contribution in [2.45, 2.75) is 25.5 Å². The zero-order valence-electron chi connectivity index (χ0n) is 8.08. The fourth-order valence-electron chi connectivity index (χ4n) is 1.25. The summed E-state index contributed by atoms with van der Waals surface area (Å²) in [5.41, 5.74) is 0. The van der Waals surface area contributed by atoms with Gasteiger partial charge < -0.3 is 15.4 Å². The molecule has 2 atom stereocenters. The second-order valence-electron chi connectivity index (χ2n) is 3.18. The molecule has 0 aromatic carbocycles. The quantitative estimate of drug-likeness (QED) is 0.403. The topological polar surface area (TPSA) is 50.4 Å². The highest BCUT2D eigenvalue weighted by Crippen LogP contribution is 2.13. The van der Waals surface area contributed by atoms with Crippen LogP contribution in [0.4, 0.5) is 0 Å². The first-order valence-electron chi connectivity index (χ1n) is 4.49. The van der Waals surface area contributed by atoms with Gasteiger partial charge >= 0.3 is 5.97 Å². The predicted octanol–water partition coefficient (Wildman–Crippen LogP) is 0.340. The van der Waals surface area contributed by atoms with Gasteiger partial charge in [-0.25, -0.2) is 4.79 Å². The summed E-state index contributed by atoms with van der Waals surface area (Å²) in [7, 11) is 0. The number of carbonyl (C=O) groups is 1. The number of hydrogen-bond acceptors (Lipinski definition) is 3. The predicted molar refractivity (Wildman–Crippen MR) is 57.9 cm³/mol. The van der Waals surface area contributed by atoms with E-state index >= 15 is 0 Å². The molecule has 0 aromatic heterocycles. The summed E-state index contributed by atoms with van der Waals surface area (Å²) in [5.74, 6) is -0.236. The van der Waals surface area contributed by atoms with Crippen LogP contribution in [0.3, 0.4) is 0 Å². The fraction of sp³-hybridized carbons (Fsp3) is 0.556. The van der Waals surface area contributed by atoms with Gasteiger partial charge in [-0.05, 0) is 19.1 Å². The minimum absolute atomic E-state index is 0.0257. The molecular formula is C9H14N2O2S. The highest BCUT2D eigenvalue weighted by atomic mass is 32.1. The van der Waals surface area contributed by atoms with Crippen LogP contribution >= 0.6 is 12.2 Å². The van der Waals surface area contributed by atoms with Gasteiger partial charge in [0.25, 0.3) is 0 Å². The van der Waals surface area contributed by atoms with Gasteiger partial charge in [-0.1, -0.05) is 6.08 Å². The molecule has 0 aromatic rings. The molecular weight excluding hydrogens is 200 g/mol. The van der Waals surface area contributed by atoms with Crippen LogP contribution in [0.15, 0.2) is 12.7 Å². The van der Waals surface area contributed by atoms with Crippen molar-refractivity contribution in [3.05, 3.63) is 12.7 Å². The van der Waals surface area contributed by atoms with Crippen LogP contribution in [0.1, 0.15) is 13.3 Å². The van der Waals surface area contributed by atoms with Gasteiger partial charge in [0.2, 0.25) is 0 Å². The SMILES string of the molecule is C=CCNC(=S)N[C@@H]1C[C@@H](C)OC1=O. The lowest BCUT2D eigenvalue weighted by atomic mass is 10.2. The van der Waals surface area contributed by atoms with Gasteiger partial charge in [0, 0.05) is 13.0 Å². The van der Waals surface area contributed by atoms with Crippen LogP contribution in [0.25, 0.3) is 0 Å². The van der Waals surface area contributed by atoms with E-state index in [-0.39, 0.29) is 18.1 Å². The van der Waals surface area contributed by atoms with Gasteiger partial charge in [-0.15, -0.1) is 6.58 Å². The maximum atomic E-state index is 11.2. The Morgan fingerprint density at radius 1 is 1.86 bits per heavy atom. The Balaban J connectivity index is 2.33. The summed E-state index contributed by atoms with van der Waals surface area (Å²) in [6.07, 6.45) is 2.33. The molecule has 4 nitrogen and oxygen atoms in total. The van der Waals surface area contributed by atoms with E-state index in [1.807, 2.05) is 6.92 Å². The molecule has 0 unspecified atom stereocenters. The van der Waals surface area contributed by atoms with E-state index in [9.17, 15) is 4.79 Å². The zero-order chi connectivity index (χ0) is 10.6. The Morgan fingerprint density at radius 3 is 3.07 bits per heavy atom. The standard InChI is InChI=1S/C9H14N2O2S/c1-3-4-10-9(14)11-7-5-6(2)13-8(7)12/h3,6-7H,1,4-5H2,2H3,(H2,10,11,14)/t6-,7-/m1/s1. The molecule has 78 valence electrons. The van der Waals surface area contributed by atoms with Crippen molar-refractivity contribution in [3.63, 3.8) is 0 Å². The van der Waals surface area contributed by atoms with Crippen molar-refractivity contribution in [1.82, 2.24) is 10.6 Å². The monoisotopic (exact) mass is 214 g/mol. The summed E-state index contributed by atoms with van der Waals surface area (Å²) >= 11 is 4.97. The summed E-state index contributed by atoms with van der Waals surface area (Å²) in [4.78, 5) is 11.2. The van der Waals surface area contributed by atoms with E-state index in [0.717, 1.165) is 0 Å². The van der Waals surface area contributed by atoms with Crippen LogP contribution in [-0.2, 0) is 9.53 Å². The third kappa shape index (κ3) is 2.99. The largest absolute Gasteiger partial charge is 0.461 e. The van der Waals surface area contributed by atoms with Crippen molar-refractivity contribution in [2.24, 2.45) is 0 Å². The molecule has 0 bridgehead atoms. The van der Waals surface area contributed by atoms with Gasteiger partial charge in [-0.3, -0.25) is 0 Å². The van der Waals surface area contributed by atoms with Gasteiger partial charge in [-0.2, -0.15) is 0 Å². The molecule has 0 radical (unpaired) electrons. The van der Waals surface area contributed by atoms with E-state index in [2.05, 4.69) is 17.2 Å². The Labute approximate surface area is 88.7 Å². The van der Waals surface area contributed by atoms with Crippen molar-refractivity contribution >= 4 is 23.3 Å². The van der Waals surface area contributed by atoms with Crippen molar-refractivity contribution in [3.8, 4) is 0 Å². The third-order valence-corrected chi connectivity index (χ3v) is 2.14. The number of nitrogens with one attached hydrogen (secondary N) is 2. The first-order chi connectivity index (χ1) is 6.63. The van der Waals surface area contributed by atoms with E-state index < -0.39 is 0 Å². The Morgan fingerprint density at radius 2 is 2.57 bits per heavy atom. The first-order valence-corrected chi connectivity index (χ1v) is 4.90. The number of thiocarbonyl (C=S) groups is 1. The maximum absolute atomic E-state index is 11.2. The van der Waals surface area contributed by atoms with E-state index in [4.69, 9.17) is 17.0 Å². The lowest BCUT2D eigenvalue weighted by Crippen LogP contribution is -2.44. The molecule has 1 aliphatic heterocycles. The second kappa shape index (κ2) is 4.95. The molecule has 0 amide bonds. The average Bonchev–Trinajstić information content (AvgIpc) is 2.42. The summed E-state index contributed by atoms with van der Waals surface area (Å²) in [5, 5.41) is 6.24. The molecule has 1 heterocycles. The summed E-state index contributed by atoms with van der Waals surface area (Å²) in [6.45, 7) is 6.00. The number of carbonyl (C=O) groups excluding carboxylic acids is 1. The number of hydrogen-bond donors (Lipinski definition) is 2. The molecule has 0 saturated carbocycles. The van der Waals surface area contributed by atoms with Crippen molar-refractivity contribution in [1.29, 1.82) is 0 Å². The molecule has 1 saturated heterocycles. The highest BCUT2D eigenvalue weighted by molar-refractivity contribution is 7.80. The van der Waals surface area contributed by atoms with Crippen molar-refractivity contribution in [2.75, 3.05) is 6.54 Å². The van der Waals surface area contributed by atoms with Gasteiger partial charge in [0.05, 0.1) is 0 Å². The molecule has 5 heteroatoms. The minimum Gasteiger partial charge on any atom is -0.461 e. The van der Waals surface area contributed by atoms with E-state index in [0.29, 0.717) is 18.1 Å². The normalized spacial score (nSPS) is 25.4. The van der Waals surface area contributed by atoms with Crippen LogP contribution in [-0.4, -0.2) is 29.8 Å². The molecule has 1 fully saturated rings. The Bertz CT molecular complexity index is 255. The van der Waals surface area contributed by atoms with E-state index in [1.165, 1.54) is 0 Å². The smallest absolute Gasteiger partial charge is 0.329 e. The third-order valence-electron chi connectivity index (χ3n) is 1.88. The molecule has 14 heavy (non-hydrogen) atoms. The van der Waals surface area contributed by atoms with Crippen LogP contribution in [0, 0.1) is 0 Å². The van der Waals surface area contributed by atoms with E-state index in [1.54, 1.807) is 6.08 Å². The average molecular weight is 214 g/mol. The van der Waals surface area contributed by atoms with Crippen LogP contribution < -0.4 is 10.6 Å². The minimum atomic E-state index is -0.310. The second-order valence-corrected chi connectivity index (χ2v) is 3.59. The highest BCUT2D eigenvalue weighted by Gasteiger charge is 2.31.